The van der Waals surface area contributed by atoms with Crippen LogP contribution in [0.1, 0.15) is 45.6 Å². The Morgan fingerprint density at radius 3 is 2.38 bits per heavy atom. The molecule has 3 atom stereocenters. The molecule has 3 nitrogen and oxygen atoms in total. The number of aromatic hydroxyl groups is 1. The first-order valence-electron chi connectivity index (χ1n) is 8.67. The molecule has 0 radical (unpaired) electrons. The van der Waals surface area contributed by atoms with Gasteiger partial charge in [0.15, 0.2) is 11.6 Å². The predicted molar refractivity (Wildman–Crippen MR) is 103 cm³/mol. The zero-order valence-electron chi connectivity index (χ0n) is 15.5. The van der Waals surface area contributed by atoms with Gasteiger partial charge in [-0.25, -0.2) is 0 Å². The summed E-state index contributed by atoms with van der Waals surface area (Å²) in [5, 5.41) is 10.1. The second-order valence-corrected chi connectivity index (χ2v) is 8.10. The summed E-state index contributed by atoms with van der Waals surface area (Å²) in [5.41, 5.74) is 0.823. The number of carbonyl (C=O) groups is 2. The van der Waals surface area contributed by atoms with Gasteiger partial charge in [0.1, 0.15) is 5.75 Å². The molecular weight excluding hydrogens is 348 g/mol. The lowest BCUT2D eigenvalue weighted by atomic mass is 9.45. The Hall–Kier alpha value is -2.13. The molecule has 1 aromatic carbocycles. The average molecular weight is 371 g/mol. The molecule has 0 saturated carbocycles. The van der Waals surface area contributed by atoms with Gasteiger partial charge in [-0.1, -0.05) is 50.2 Å². The Kier molecular flexibility index (Phi) is 4.27. The summed E-state index contributed by atoms with van der Waals surface area (Å²) in [7, 11) is 0. The van der Waals surface area contributed by atoms with Gasteiger partial charge in [-0.3, -0.25) is 9.59 Å². The van der Waals surface area contributed by atoms with Crippen LogP contribution in [0.4, 0.5) is 0 Å². The maximum atomic E-state index is 13.5. The highest BCUT2D eigenvalue weighted by Crippen LogP contribution is 2.62. The maximum absolute atomic E-state index is 13.5. The van der Waals surface area contributed by atoms with Crippen LogP contribution >= 0.6 is 11.6 Å². The third-order valence-electron chi connectivity index (χ3n) is 6.55. The van der Waals surface area contributed by atoms with Gasteiger partial charge in [0.25, 0.3) is 0 Å². The fraction of sp³-hybridized carbons (Fsp3) is 0.364. The Morgan fingerprint density at radius 1 is 1.19 bits per heavy atom. The Morgan fingerprint density at radius 2 is 1.81 bits per heavy atom. The van der Waals surface area contributed by atoms with Gasteiger partial charge < -0.3 is 5.11 Å². The lowest BCUT2D eigenvalue weighted by Gasteiger charge is -2.54. The molecular formula is C22H23ClO3. The number of benzene rings is 1. The van der Waals surface area contributed by atoms with Gasteiger partial charge in [-0.15, -0.1) is 0 Å². The number of ketones is 2. The number of hydrogen-bond acceptors (Lipinski definition) is 3. The Labute approximate surface area is 159 Å². The van der Waals surface area contributed by atoms with Crippen LogP contribution in [0.15, 0.2) is 53.6 Å². The van der Waals surface area contributed by atoms with Crippen LogP contribution in [-0.2, 0) is 9.59 Å². The monoisotopic (exact) mass is 370 g/mol. The van der Waals surface area contributed by atoms with Crippen molar-refractivity contribution in [2.45, 2.75) is 40.0 Å². The third kappa shape index (κ3) is 2.20. The summed E-state index contributed by atoms with van der Waals surface area (Å²) in [6, 6.07) is 4.76. The molecule has 0 unspecified atom stereocenters. The Bertz CT molecular complexity index is 908. The molecule has 2 aliphatic carbocycles. The molecule has 0 fully saturated rings. The van der Waals surface area contributed by atoms with Crippen LogP contribution in [0.2, 0.25) is 5.02 Å². The van der Waals surface area contributed by atoms with Crippen molar-refractivity contribution in [1.29, 1.82) is 0 Å². The van der Waals surface area contributed by atoms with E-state index < -0.39 is 16.7 Å². The molecule has 2 aliphatic rings. The highest BCUT2D eigenvalue weighted by atomic mass is 35.5. The van der Waals surface area contributed by atoms with Crippen molar-refractivity contribution < 1.29 is 14.7 Å². The van der Waals surface area contributed by atoms with Crippen LogP contribution in [0.25, 0.3) is 0 Å². The smallest absolute Gasteiger partial charge is 0.166 e. The average Bonchev–Trinajstić information content (AvgIpc) is 2.61. The fourth-order valence-electron chi connectivity index (χ4n) is 4.60. The van der Waals surface area contributed by atoms with Crippen molar-refractivity contribution in [3.8, 4) is 5.75 Å². The van der Waals surface area contributed by atoms with E-state index in [1.54, 1.807) is 32.1 Å². The summed E-state index contributed by atoms with van der Waals surface area (Å²) in [6.07, 6.45) is 4.20. The highest BCUT2D eigenvalue weighted by molar-refractivity contribution is 6.31. The molecule has 0 aliphatic heterocycles. The minimum absolute atomic E-state index is 0.0105. The number of hydrogen-bond donors (Lipinski definition) is 1. The number of carbonyl (C=O) groups excluding carboxylic acids is 2. The molecule has 0 saturated heterocycles. The minimum Gasteiger partial charge on any atom is -0.508 e. The summed E-state index contributed by atoms with van der Waals surface area (Å²) in [4.78, 5) is 26.7. The second-order valence-electron chi connectivity index (χ2n) is 7.69. The first-order valence-corrected chi connectivity index (χ1v) is 9.05. The largest absolute Gasteiger partial charge is 0.508 e. The number of phenols is 1. The van der Waals surface area contributed by atoms with E-state index in [-0.39, 0.29) is 17.3 Å². The summed E-state index contributed by atoms with van der Waals surface area (Å²) < 4.78 is 0. The van der Waals surface area contributed by atoms with Crippen molar-refractivity contribution in [2.75, 3.05) is 0 Å². The molecule has 136 valence electrons. The van der Waals surface area contributed by atoms with Gasteiger partial charge in [-0.05, 0) is 54.7 Å². The van der Waals surface area contributed by atoms with Crippen LogP contribution in [0.3, 0.4) is 0 Å². The number of rotatable bonds is 2. The maximum Gasteiger partial charge on any atom is 0.166 e. The van der Waals surface area contributed by atoms with Crippen molar-refractivity contribution in [3.05, 3.63) is 64.2 Å². The summed E-state index contributed by atoms with van der Waals surface area (Å²) in [5.74, 6) is -0.369. The molecule has 3 rings (SSSR count). The molecule has 1 aromatic rings. The van der Waals surface area contributed by atoms with E-state index in [2.05, 4.69) is 6.58 Å². The normalized spacial score (nSPS) is 31.6. The van der Waals surface area contributed by atoms with Crippen LogP contribution in [-0.4, -0.2) is 16.7 Å². The summed E-state index contributed by atoms with van der Waals surface area (Å²) >= 11 is 6.44. The van der Waals surface area contributed by atoms with E-state index in [1.807, 2.05) is 19.9 Å². The predicted octanol–water partition coefficient (Wildman–Crippen LogP) is 5.15. The zero-order valence-corrected chi connectivity index (χ0v) is 16.3. The van der Waals surface area contributed by atoms with Crippen LogP contribution in [0, 0.1) is 10.8 Å². The van der Waals surface area contributed by atoms with Crippen molar-refractivity contribution in [3.63, 3.8) is 0 Å². The summed E-state index contributed by atoms with van der Waals surface area (Å²) in [6.45, 7) is 11.1. The molecule has 0 heterocycles. The zero-order chi connectivity index (χ0) is 19.4. The van der Waals surface area contributed by atoms with E-state index in [0.717, 1.165) is 11.1 Å². The number of fused-ring (bicyclic) bond motifs is 1. The van der Waals surface area contributed by atoms with Gasteiger partial charge >= 0.3 is 0 Å². The van der Waals surface area contributed by atoms with Gasteiger partial charge in [0, 0.05) is 16.4 Å². The fourth-order valence-corrected chi connectivity index (χ4v) is 4.88. The first-order chi connectivity index (χ1) is 12.1. The van der Waals surface area contributed by atoms with E-state index >= 15 is 0 Å². The molecule has 0 bridgehead atoms. The topological polar surface area (TPSA) is 54.4 Å². The van der Waals surface area contributed by atoms with E-state index in [4.69, 9.17) is 11.6 Å². The van der Waals surface area contributed by atoms with Crippen molar-refractivity contribution >= 4 is 23.2 Å². The van der Waals surface area contributed by atoms with Crippen molar-refractivity contribution in [2.24, 2.45) is 10.8 Å². The van der Waals surface area contributed by atoms with E-state index in [9.17, 15) is 14.7 Å². The quantitative estimate of drug-likeness (QED) is 0.783. The number of Topliss-reactive ketones (excluding diaryl/α,β-unsaturated/α-hetero) is 2. The third-order valence-corrected chi connectivity index (χ3v) is 6.88. The minimum atomic E-state index is -0.980. The van der Waals surface area contributed by atoms with Gasteiger partial charge in [0.2, 0.25) is 0 Å². The molecule has 0 amide bonds. The van der Waals surface area contributed by atoms with E-state index in [1.165, 1.54) is 6.07 Å². The van der Waals surface area contributed by atoms with Crippen LogP contribution < -0.4 is 0 Å². The lowest BCUT2D eigenvalue weighted by Crippen LogP contribution is -2.57. The first kappa shape index (κ1) is 18.7. The molecule has 1 N–H and O–H groups in total. The SMILES string of the molecule is C=CC1=CC[C@@]2(C)C(=O)C(C)=C(C)C(=O)[C@@]2(C)[C@H]1c1ccc(O)cc1Cl. The number of allylic oxidation sites excluding steroid dienone is 5. The van der Waals surface area contributed by atoms with E-state index in [0.29, 0.717) is 22.6 Å². The highest BCUT2D eigenvalue weighted by Gasteiger charge is 2.63. The number of phenolic OH excluding ortho intramolecular Hbond substituents is 1. The molecule has 0 aromatic heterocycles. The molecule has 0 spiro atoms. The standard InChI is InChI=1S/C22H23ClO3/c1-6-14-9-10-21(4)19(25)12(2)13(3)20(26)22(21,5)18(14)16-8-7-15(24)11-17(16)23/h6-9,11,18,24H,1,10H2,2-5H3/t18-,21+,22-/m1/s1. The Balaban J connectivity index is 2.36. The van der Waals surface area contributed by atoms with Gasteiger partial charge in [-0.2, -0.15) is 0 Å². The second kappa shape index (κ2) is 5.95. The van der Waals surface area contributed by atoms with Crippen molar-refractivity contribution in [1.82, 2.24) is 0 Å². The molecule has 26 heavy (non-hydrogen) atoms. The number of halogens is 1. The molecule has 4 heteroatoms. The van der Waals surface area contributed by atoms with Gasteiger partial charge in [0.05, 0.1) is 5.41 Å². The van der Waals surface area contributed by atoms with Crippen LogP contribution in [0.5, 0.6) is 5.75 Å². The lowest BCUT2D eigenvalue weighted by molar-refractivity contribution is -0.147.